The Morgan fingerprint density at radius 2 is 1.08 bits per heavy atom. The van der Waals surface area contributed by atoms with Crippen molar-refractivity contribution >= 4 is 5.91 Å². The zero-order valence-corrected chi connectivity index (χ0v) is 17.8. The van der Waals surface area contributed by atoms with Crippen molar-refractivity contribution in [1.29, 1.82) is 0 Å². The smallest absolute Gasteiger partial charge is 0.217 e. The van der Waals surface area contributed by atoms with Crippen LogP contribution in [0.15, 0.2) is 0 Å². The molecule has 0 fully saturated rings. The van der Waals surface area contributed by atoms with Crippen LogP contribution >= 0.6 is 0 Å². The van der Waals surface area contributed by atoms with Gasteiger partial charge < -0.3 is 16.6 Å². The molecule has 0 rings (SSSR count). The topological polar surface area (TPSA) is 89.3 Å². The lowest BCUT2D eigenvalue weighted by molar-refractivity contribution is -0.118. The summed E-state index contributed by atoms with van der Waals surface area (Å²) in [5, 5.41) is 8.54. The van der Waals surface area contributed by atoms with Crippen LogP contribution in [0.5, 0.6) is 0 Å². The third-order valence-corrected chi connectivity index (χ3v) is 4.77. The Kier molecular flexibility index (Phi) is 25.9. The molecule has 0 radical (unpaired) electrons. The van der Waals surface area contributed by atoms with Gasteiger partial charge in [0.25, 0.3) is 0 Å². The summed E-state index contributed by atoms with van der Waals surface area (Å²) in [4.78, 5) is 10.6. The highest BCUT2D eigenvalue weighted by molar-refractivity contribution is 5.73. The SMILES string of the molecule is CCC(O)CN.CCCCCCCCCCCCCCCCCC(N)=O. The number of hydrogen-bond acceptors (Lipinski definition) is 3. The van der Waals surface area contributed by atoms with Gasteiger partial charge in [-0.15, -0.1) is 0 Å². The van der Waals surface area contributed by atoms with E-state index in [4.69, 9.17) is 16.6 Å². The molecule has 0 heterocycles. The van der Waals surface area contributed by atoms with E-state index in [1.807, 2.05) is 6.92 Å². The van der Waals surface area contributed by atoms with E-state index < -0.39 is 0 Å². The second kappa shape index (κ2) is 24.4. The minimum atomic E-state index is -0.287. The van der Waals surface area contributed by atoms with Crippen molar-refractivity contribution in [2.24, 2.45) is 11.5 Å². The van der Waals surface area contributed by atoms with E-state index >= 15 is 0 Å². The van der Waals surface area contributed by atoms with E-state index in [-0.39, 0.29) is 12.0 Å². The van der Waals surface area contributed by atoms with Gasteiger partial charge in [-0.1, -0.05) is 104 Å². The number of carbonyl (C=O) groups excluding carboxylic acids is 1. The molecule has 0 spiro atoms. The standard InChI is InChI=1S/C18H37NO.C4H11NO/c1-2-3-4-5-6-7-8-9-10-11-12-13-14-15-16-17-18(19)20;1-2-4(6)3-5/h2-17H2,1H3,(H2,19,20);4,6H,2-3,5H2,1H3. The van der Waals surface area contributed by atoms with Crippen molar-refractivity contribution in [3.8, 4) is 0 Å². The average molecular weight is 373 g/mol. The number of amides is 1. The molecule has 0 aliphatic rings. The van der Waals surface area contributed by atoms with Crippen LogP contribution in [-0.2, 0) is 4.79 Å². The molecule has 0 aromatic heterocycles. The fraction of sp³-hybridized carbons (Fsp3) is 0.955. The van der Waals surface area contributed by atoms with Crippen molar-refractivity contribution in [3.05, 3.63) is 0 Å². The van der Waals surface area contributed by atoms with Crippen LogP contribution in [0.1, 0.15) is 123 Å². The van der Waals surface area contributed by atoms with Crippen LogP contribution in [0, 0.1) is 0 Å². The van der Waals surface area contributed by atoms with Crippen LogP contribution in [-0.4, -0.2) is 23.7 Å². The molecule has 4 nitrogen and oxygen atoms in total. The third kappa shape index (κ3) is 28.2. The third-order valence-electron chi connectivity index (χ3n) is 4.77. The molecule has 0 saturated heterocycles. The second-order valence-electron chi connectivity index (χ2n) is 7.46. The monoisotopic (exact) mass is 372 g/mol. The average Bonchev–Trinajstić information content (AvgIpc) is 2.64. The highest BCUT2D eigenvalue weighted by Gasteiger charge is 1.96. The molecule has 0 aliphatic carbocycles. The summed E-state index contributed by atoms with van der Waals surface area (Å²) in [6.45, 7) is 4.56. The molecule has 1 amide bonds. The van der Waals surface area contributed by atoms with Crippen LogP contribution in [0.2, 0.25) is 0 Å². The lowest BCUT2D eigenvalue weighted by Gasteiger charge is -2.03. The molecule has 0 saturated carbocycles. The maximum atomic E-state index is 10.6. The first-order valence-corrected chi connectivity index (χ1v) is 11.2. The summed E-state index contributed by atoms with van der Waals surface area (Å²) in [7, 11) is 0. The molecule has 0 bridgehead atoms. The second-order valence-corrected chi connectivity index (χ2v) is 7.46. The molecule has 1 unspecified atom stereocenters. The quantitative estimate of drug-likeness (QED) is 0.279. The molecular weight excluding hydrogens is 324 g/mol. The number of rotatable bonds is 18. The predicted molar refractivity (Wildman–Crippen MR) is 114 cm³/mol. The minimum absolute atomic E-state index is 0.153. The van der Waals surface area contributed by atoms with Gasteiger partial charge >= 0.3 is 0 Å². The highest BCUT2D eigenvalue weighted by Crippen LogP contribution is 2.13. The number of unbranched alkanes of at least 4 members (excludes halogenated alkanes) is 14. The van der Waals surface area contributed by atoms with Crippen molar-refractivity contribution in [3.63, 3.8) is 0 Å². The van der Waals surface area contributed by atoms with Crippen LogP contribution < -0.4 is 11.5 Å². The number of carbonyl (C=O) groups is 1. The molecule has 0 aliphatic heterocycles. The van der Waals surface area contributed by atoms with E-state index in [0.717, 1.165) is 12.8 Å². The molecule has 0 aromatic rings. The molecule has 26 heavy (non-hydrogen) atoms. The van der Waals surface area contributed by atoms with Gasteiger partial charge in [-0.05, 0) is 12.8 Å². The number of primary amides is 1. The van der Waals surface area contributed by atoms with E-state index in [1.54, 1.807) is 0 Å². The van der Waals surface area contributed by atoms with Gasteiger partial charge in [0.1, 0.15) is 0 Å². The van der Waals surface area contributed by atoms with E-state index in [0.29, 0.717) is 13.0 Å². The summed E-state index contributed by atoms with van der Waals surface area (Å²) in [5.41, 5.74) is 10.1. The zero-order valence-electron chi connectivity index (χ0n) is 17.8. The molecular formula is C22H48N2O2. The molecule has 0 aromatic carbocycles. The van der Waals surface area contributed by atoms with Crippen molar-refractivity contribution in [2.75, 3.05) is 6.54 Å². The van der Waals surface area contributed by atoms with Crippen molar-refractivity contribution in [2.45, 2.75) is 129 Å². The molecule has 5 N–H and O–H groups in total. The molecule has 4 heteroatoms. The fourth-order valence-corrected chi connectivity index (χ4v) is 2.84. The Morgan fingerprint density at radius 1 is 0.731 bits per heavy atom. The van der Waals surface area contributed by atoms with Gasteiger partial charge in [-0.25, -0.2) is 0 Å². The lowest BCUT2D eigenvalue weighted by atomic mass is 10.0. The zero-order chi connectivity index (χ0) is 19.9. The van der Waals surface area contributed by atoms with Crippen molar-refractivity contribution in [1.82, 2.24) is 0 Å². The Hall–Kier alpha value is -0.610. The summed E-state index contributed by atoms with van der Waals surface area (Å²) in [6, 6.07) is 0. The molecule has 158 valence electrons. The maximum Gasteiger partial charge on any atom is 0.217 e. The van der Waals surface area contributed by atoms with Crippen molar-refractivity contribution < 1.29 is 9.90 Å². The van der Waals surface area contributed by atoms with Crippen LogP contribution in [0.3, 0.4) is 0 Å². The highest BCUT2D eigenvalue weighted by atomic mass is 16.3. The van der Waals surface area contributed by atoms with E-state index in [9.17, 15) is 4.79 Å². The first-order valence-electron chi connectivity index (χ1n) is 11.2. The summed E-state index contributed by atoms with van der Waals surface area (Å²) in [6.07, 6.45) is 21.4. The van der Waals surface area contributed by atoms with Gasteiger partial charge in [0.2, 0.25) is 5.91 Å². The maximum absolute atomic E-state index is 10.6. The van der Waals surface area contributed by atoms with E-state index in [1.165, 1.54) is 89.9 Å². The summed E-state index contributed by atoms with van der Waals surface area (Å²) < 4.78 is 0. The number of nitrogens with two attached hydrogens (primary N) is 2. The van der Waals surface area contributed by atoms with Gasteiger partial charge in [0.15, 0.2) is 0 Å². The summed E-state index contributed by atoms with van der Waals surface area (Å²) in [5.74, 6) is -0.153. The van der Waals surface area contributed by atoms with Gasteiger partial charge in [0.05, 0.1) is 6.10 Å². The Morgan fingerprint density at radius 3 is 1.31 bits per heavy atom. The fourth-order valence-electron chi connectivity index (χ4n) is 2.84. The summed E-state index contributed by atoms with van der Waals surface area (Å²) >= 11 is 0. The largest absolute Gasteiger partial charge is 0.392 e. The van der Waals surface area contributed by atoms with Crippen LogP contribution in [0.25, 0.3) is 0 Å². The Bertz CT molecular complexity index is 269. The molecule has 1 atom stereocenters. The first kappa shape index (κ1) is 27.6. The number of aliphatic hydroxyl groups is 1. The first-order chi connectivity index (χ1) is 12.6. The van der Waals surface area contributed by atoms with Gasteiger partial charge in [0, 0.05) is 13.0 Å². The lowest BCUT2D eigenvalue weighted by Crippen LogP contribution is -2.17. The van der Waals surface area contributed by atoms with Crippen LogP contribution in [0.4, 0.5) is 0 Å². The number of hydrogen-bond donors (Lipinski definition) is 3. The predicted octanol–water partition coefficient (Wildman–Crippen LogP) is 5.45. The van der Waals surface area contributed by atoms with Gasteiger partial charge in [-0.2, -0.15) is 0 Å². The van der Waals surface area contributed by atoms with Gasteiger partial charge in [-0.3, -0.25) is 4.79 Å². The number of aliphatic hydroxyl groups excluding tert-OH is 1. The normalized spacial score (nSPS) is 11.7. The minimum Gasteiger partial charge on any atom is -0.392 e. The Balaban J connectivity index is 0. The van der Waals surface area contributed by atoms with E-state index in [2.05, 4.69) is 6.92 Å². The Labute approximate surface area is 163 Å².